The molecule has 20 heavy (non-hydrogen) atoms. The van der Waals surface area contributed by atoms with Gasteiger partial charge in [-0.05, 0) is 25.0 Å². The molecule has 0 spiro atoms. The summed E-state index contributed by atoms with van der Waals surface area (Å²) in [4.78, 5) is 18.9. The lowest BCUT2D eigenvalue weighted by atomic mass is 10.1. The summed E-state index contributed by atoms with van der Waals surface area (Å²) < 4.78 is 1.67. The normalized spacial score (nSPS) is 17.6. The van der Waals surface area contributed by atoms with E-state index in [4.69, 9.17) is 0 Å². The second-order valence-electron chi connectivity index (χ2n) is 5.33. The molecule has 5 nitrogen and oxygen atoms in total. The molecule has 0 bridgehead atoms. The molecule has 2 heterocycles. The maximum Gasteiger partial charge on any atom is 0.261 e. The molecule has 3 rings (SSSR count). The third-order valence-electron chi connectivity index (χ3n) is 3.95. The monoisotopic (exact) mass is 273 g/mol. The Morgan fingerprint density at radius 2 is 1.95 bits per heavy atom. The fourth-order valence-corrected chi connectivity index (χ4v) is 2.66. The summed E-state index contributed by atoms with van der Waals surface area (Å²) in [5.74, 6) is 0. The van der Waals surface area contributed by atoms with E-state index in [1.807, 2.05) is 24.3 Å². The zero-order chi connectivity index (χ0) is 13.9. The first kappa shape index (κ1) is 13.3. The molecule has 1 aliphatic heterocycles. The van der Waals surface area contributed by atoms with Crippen LogP contribution in [0.5, 0.6) is 0 Å². The summed E-state index contributed by atoms with van der Waals surface area (Å²) in [6, 6.07) is 7.42. The van der Waals surface area contributed by atoms with E-state index in [9.17, 15) is 9.90 Å². The number of para-hydroxylation sites is 1. The van der Waals surface area contributed by atoms with Crippen LogP contribution in [-0.4, -0.2) is 45.3 Å². The molecule has 0 radical (unpaired) electrons. The smallest absolute Gasteiger partial charge is 0.261 e. The largest absolute Gasteiger partial charge is 0.393 e. The Morgan fingerprint density at radius 3 is 2.75 bits per heavy atom. The summed E-state index contributed by atoms with van der Waals surface area (Å²) in [5, 5.41) is 10.2. The number of hydrogen-bond acceptors (Lipinski definition) is 4. The van der Waals surface area contributed by atoms with Gasteiger partial charge in [-0.15, -0.1) is 0 Å². The zero-order valence-electron chi connectivity index (χ0n) is 11.4. The van der Waals surface area contributed by atoms with E-state index in [0.29, 0.717) is 11.9 Å². The third-order valence-corrected chi connectivity index (χ3v) is 3.95. The van der Waals surface area contributed by atoms with E-state index in [1.54, 1.807) is 10.9 Å². The summed E-state index contributed by atoms with van der Waals surface area (Å²) in [6.45, 7) is 3.27. The number of benzene rings is 1. The van der Waals surface area contributed by atoms with Gasteiger partial charge in [0.2, 0.25) is 0 Å². The minimum absolute atomic E-state index is 0.0210. The van der Waals surface area contributed by atoms with Gasteiger partial charge < -0.3 is 10.0 Å². The maximum absolute atomic E-state index is 12.3. The van der Waals surface area contributed by atoms with Crippen LogP contribution in [0.1, 0.15) is 12.8 Å². The molecule has 2 aromatic rings. The molecule has 1 fully saturated rings. The van der Waals surface area contributed by atoms with Crippen molar-refractivity contribution in [1.29, 1.82) is 0 Å². The van der Waals surface area contributed by atoms with Gasteiger partial charge in [0.25, 0.3) is 5.56 Å². The molecule has 1 aromatic heterocycles. The van der Waals surface area contributed by atoms with Gasteiger partial charge in [0, 0.05) is 26.2 Å². The molecule has 106 valence electrons. The molecule has 1 N–H and O–H groups in total. The van der Waals surface area contributed by atoms with Gasteiger partial charge in [-0.1, -0.05) is 12.1 Å². The summed E-state index contributed by atoms with van der Waals surface area (Å²) in [7, 11) is 0. The van der Waals surface area contributed by atoms with Gasteiger partial charge >= 0.3 is 0 Å². The van der Waals surface area contributed by atoms with Crippen LogP contribution in [-0.2, 0) is 6.54 Å². The number of aliphatic hydroxyl groups excluding tert-OH is 1. The Morgan fingerprint density at radius 1 is 1.20 bits per heavy atom. The van der Waals surface area contributed by atoms with Crippen molar-refractivity contribution in [2.24, 2.45) is 0 Å². The van der Waals surface area contributed by atoms with Crippen molar-refractivity contribution in [2.45, 2.75) is 25.5 Å². The number of likely N-dealkylation sites (tertiary alicyclic amines) is 1. The fraction of sp³-hybridized carbons (Fsp3) is 0.467. The minimum atomic E-state index is -0.156. The second-order valence-corrected chi connectivity index (χ2v) is 5.33. The van der Waals surface area contributed by atoms with Crippen molar-refractivity contribution < 1.29 is 5.11 Å². The van der Waals surface area contributed by atoms with Crippen LogP contribution in [0.25, 0.3) is 10.9 Å². The highest BCUT2D eigenvalue weighted by molar-refractivity contribution is 5.76. The van der Waals surface area contributed by atoms with Crippen LogP contribution in [0.3, 0.4) is 0 Å². The summed E-state index contributed by atoms with van der Waals surface area (Å²) >= 11 is 0. The Kier molecular flexibility index (Phi) is 3.80. The third kappa shape index (κ3) is 2.73. The summed E-state index contributed by atoms with van der Waals surface area (Å²) in [5.41, 5.74) is 0.766. The Bertz CT molecular complexity index is 645. The van der Waals surface area contributed by atoms with E-state index in [0.717, 1.165) is 38.0 Å². The first-order valence-corrected chi connectivity index (χ1v) is 7.08. The van der Waals surface area contributed by atoms with Gasteiger partial charge in [0.1, 0.15) is 0 Å². The number of rotatable bonds is 3. The Balaban J connectivity index is 1.72. The summed E-state index contributed by atoms with van der Waals surface area (Å²) in [6.07, 6.45) is 3.12. The van der Waals surface area contributed by atoms with Gasteiger partial charge in [-0.25, -0.2) is 4.98 Å². The van der Waals surface area contributed by atoms with Crippen LogP contribution in [0.15, 0.2) is 35.4 Å². The molecule has 0 atom stereocenters. The lowest BCUT2D eigenvalue weighted by Gasteiger charge is -2.29. The van der Waals surface area contributed by atoms with Crippen molar-refractivity contribution in [3.8, 4) is 0 Å². The van der Waals surface area contributed by atoms with E-state index in [1.165, 1.54) is 0 Å². The highest BCUT2D eigenvalue weighted by Gasteiger charge is 2.16. The maximum atomic E-state index is 12.3. The molecule has 1 saturated heterocycles. The van der Waals surface area contributed by atoms with Crippen molar-refractivity contribution in [2.75, 3.05) is 19.6 Å². The topological polar surface area (TPSA) is 58.4 Å². The second kappa shape index (κ2) is 5.73. The first-order valence-electron chi connectivity index (χ1n) is 7.08. The average Bonchev–Trinajstić information content (AvgIpc) is 2.49. The van der Waals surface area contributed by atoms with Crippen LogP contribution in [0.4, 0.5) is 0 Å². The highest BCUT2D eigenvalue weighted by Crippen LogP contribution is 2.09. The number of fused-ring (bicyclic) bond motifs is 1. The van der Waals surface area contributed by atoms with E-state index in [-0.39, 0.29) is 11.7 Å². The molecular weight excluding hydrogens is 254 g/mol. The quantitative estimate of drug-likeness (QED) is 0.901. The number of piperidine rings is 1. The number of aliphatic hydroxyl groups is 1. The first-order chi connectivity index (χ1) is 9.74. The fourth-order valence-electron chi connectivity index (χ4n) is 2.66. The van der Waals surface area contributed by atoms with Crippen LogP contribution in [0, 0.1) is 0 Å². The minimum Gasteiger partial charge on any atom is -0.393 e. The molecule has 0 saturated carbocycles. The standard InChI is InChI=1S/C15H19N3O2/c19-12-5-7-17(8-6-12)9-10-18-11-16-14-4-2-1-3-13(14)15(18)20/h1-4,11-12,19H,5-10H2. The molecule has 0 unspecified atom stereocenters. The van der Waals surface area contributed by atoms with Gasteiger partial charge in [-0.2, -0.15) is 0 Å². The number of nitrogens with zero attached hydrogens (tertiary/aromatic N) is 3. The highest BCUT2D eigenvalue weighted by atomic mass is 16.3. The van der Waals surface area contributed by atoms with E-state index >= 15 is 0 Å². The van der Waals surface area contributed by atoms with Crippen molar-refractivity contribution in [1.82, 2.24) is 14.5 Å². The van der Waals surface area contributed by atoms with Crippen molar-refractivity contribution in [3.05, 3.63) is 40.9 Å². The molecule has 5 heteroatoms. The predicted molar refractivity (Wildman–Crippen MR) is 77.7 cm³/mol. The number of aromatic nitrogens is 2. The van der Waals surface area contributed by atoms with Crippen molar-refractivity contribution >= 4 is 10.9 Å². The van der Waals surface area contributed by atoms with Gasteiger partial charge in [0.15, 0.2) is 0 Å². The molecule has 1 aromatic carbocycles. The molecule has 0 amide bonds. The predicted octanol–water partition coefficient (Wildman–Crippen LogP) is 0.853. The van der Waals surface area contributed by atoms with Crippen LogP contribution in [0.2, 0.25) is 0 Å². The Labute approximate surface area is 117 Å². The SMILES string of the molecule is O=c1c2ccccc2ncn1CCN1CCC(O)CC1. The number of hydrogen-bond donors (Lipinski definition) is 1. The molecule has 1 aliphatic rings. The van der Waals surface area contributed by atoms with Crippen molar-refractivity contribution in [3.63, 3.8) is 0 Å². The van der Waals surface area contributed by atoms with Gasteiger partial charge in [0.05, 0.1) is 23.3 Å². The lowest BCUT2D eigenvalue weighted by Crippen LogP contribution is -2.38. The van der Waals surface area contributed by atoms with Crippen LogP contribution < -0.4 is 5.56 Å². The molecule has 0 aliphatic carbocycles. The van der Waals surface area contributed by atoms with Crippen LogP contribution >= 0.6 is 0 Å². The average molecular weight is 273 g/mol. The van der Waals surface area contributed by atoms with E-state index < -0.39 is 0 Å². The van der Waals surface area contributed by atoms with E-state index in [2.05, 4.69) is 9.88 Å². The zero-order valence-corrected chi connectivity index (χ0v) is 11.4. The molecular formula is C15H19N3O2. The van der Waals surface area contributed by atoms with Gasteiger partial charge in [-0.3, -0.25) is 9.36 Å². The lowest BCUT2D eigenvalue weighted by molar-refractivity contribution is 0.0808. The Hall–Kier alpha value is -1.72.